The van der Waals surface area contributed by atoms with Crippen molar-refractivity contribution in [3.63, 3.8) is 0 Å². The smallest absolute Gasteiger partial charge is 0.335 e. The summed E-state index contributed by atoms with van der Waals surface area (Å²) >= 11 is 0. The van der Waals surface area contributed by atoms with E-state index < -0.39 is 5.97 Å². The van der Waals surface area contributed by atoms with E-state index in [0.29, 0.717) is 17.2 Å². The number of benzene rings is 1. The lowest BCUT2D eigenvalue weighted by Gasteiger charge is -2.25. The van der Waals surface area contributed by atoms with Crippen LogP contribution in [0.3, 0.4) is 0 Å². The number of hydrogen-bond acceptors (Lipinski definition) is 4. The number of rotatable bonds is 6. The van der Waals surface area contributed by atoms with Crippen LogP contribution in [0.4, 0.5) is 0 Å². The van der Waals surface area contributed by atoms with Crippen molar-refractivity contribution in [3.05, 3.63) is 53.3 Å². The van der Waals surface area contributed by atoms with Gasteiger partial charge in [0.25, 0.3) is 0 Å². The van der Waals surface area contributed by atoms with Crippen LogP contribution in [0.15, 0.2) is 36.7 Å². The Balaban J connectivity index is 1.55. The van der Waals surface area contributed by atoms with E-state index in [4.69, 9.17) is 9.84 Å². The van der Waals surface area contributed by atoms with Crippen LogP contribution in [0, 0.1) is 6.92 Å². The molecule has 1 fully saturated rings. The Hall–Kier alpha value is -2.73. The van der Waals surface area contributed by atoms with Gasteiger partial charge < -0.3 is 9.84 Å². The molecule has 3 aromatic rings. The minimum atomic E-state index is -0.925. The molecule has 2 aromatic heterocycles. The van der Waals surface area contributed by atoms with Gasteiger partial charge in [0, 0.05) is 11.6 Å². The topological polar surface area (TPSA) is 77.2 Å². The van der Waals surface area contributed by atoms with Gasteiger partial charge in [-0.3, -0.25) is 0 Å². The number of fused-ring (bicyclic) bond motifs is 1. The molecule has 0 radical (unpaired) electrons. The first-order valence-electron chi connectivity index (χ1n) is 8.90. The molecule has 1 aliphatic rings. The molecule has 1 N–H and O–H groups in total. The highest BCUT2D eigenvalue weighted by Crippen LogP contribution is 2.23. The summed E-state index contributed by atoms with van der Waals surface area (Å²) in [6.45, 7) is 2.51. The molecular formula is C20H21N3O3. The zero-order valence-electron chi connectivity index (χ0n) is 14.7. The van der Waals surface area contributed by atoms with Gasteiger partial charge in [-0.2, -0.15) is 5.10 Å². The van der Waals surface area contributed by atoms with Crippen LogP contribution in [0.5, 0.6) is 0 Å². The number of carbonyl (C=O) groups is 1. The van der Waals surface area contributed by atoms with E-state index in [0.717, 1.165) is 35.3 Å². The van der Waals surface area contributed by atoms with Crippen LogP contribution in [-0.4, -0.2) is 38.6 Å². The molecule has 0 amide bonds. The van der Waals surface area contributed by atoms with Gasteiger partial charge in [-0.15, -0.1) is 0 Å². The summed E-state index contributed by atoms with van der Waals surface area (Å²) in [7, 11) is 0. The summed E-state index contributed by atoms with van der Waals surface area (Å²) < 4.78 is 7.55. The van der Waals surface area contributed by atoms with E-state index in [-0.39, 0.29) is 0 Å². The van der Waals surface area contributed by atoms with Crippen LogP contribution < -0.4 is 0 Å². The Kier molecular flexibility index (Phi) is 4.42. The van der Waals surface area contributed by atoms with Crippen LogP contribution in [0.2, 0.25) is 0 Å². The van der Waals surface area contributed by atoms with Crippen molar-refractivity contribution in [3.8, 4) is 5.69 Å². The first kappa shape index (κ1) is 16.7. The molecule has 1 aliphatic carbocycles. The molecule has 0 bridgehead atoms. The Morgan fingerprint density at radius 3 is 2.85 bits per heavy atom. The standard InChI is InChI=1S/C20H21N3O3/c1-13-9-16(5-6-18(13)20(24)25)23-19-15(12-22-23)10-14(11-21-19)7-8-26-17-3-2-4-17/h5-6,9-12,17H,2-4,7-8H2,1H3,(H,24,25). The second-order valence-electron chi connectivity index (χ2n) is 6.79. The van der Waals surface area contributed by atoms with Crippen LogP contribution in [0.1, 0.15) is 40.7 Å². The molecule has 2 heterocycles. The number of carboxylic acid groups (broad SMARTS) is 1. The third kappa shape index (κ3) is 3.20. The number of hydrogen-bond donors (Lipinski definition) is 1. The van der Waals surface area contributed by atoms with Crippen molar-refractivity contribution in [2.75, 3.05) is 6.61 Å². The van der Waals surface area contributed by atoms with Crippen LogP contribution >= 0.6 is 0 Å². The fourth-order valence-electron chi connectivity index (χ4n) is 3.19. The maximum absolute atomic E-state index is 11.2. The molecule has 1 saturated carbocycles. The average molecular weight is 351 g/mol. The quantitative estimate of drug-likeness (QED) is 0.735. The Labute approximate surface area is 151 Å². The number of carboxylic acids is 1. The van der Waals surface area contributed by atoms with Crippen molar-refractivity contribution in [1.82, 2.24) is 14.8 Å². The molecule has 0 atom stereocenters. The number of pyridine rings is 1. The first-order valence-corrected chi connectivity index (χ1v) is 8.90. The molecule has 4 rings (SSSR count). The maximum atomic E-state index is 11.2. The third-order valence-corrected chi connectivity index (χ3v) is 4.95. The third-order valence-electron chi connectivity index (χ3n) is 4.95. The highest BCUT2D eigenvalue weighted by atomic mass is 16.5. The Morgan fingerprint density at radius 2 is 2.15 bits per heavy atom. The Bertz CT molecular complexity index is 960. The molecular weight excluding hydrogens is 330 g/mol. The lowest BCUT2D eigenvalue weighted by Crippen LogP contribution is -2.22. The van der Waals surface area contributed by atoms with Crippen LogP contribution in [0.25, 0.3) is 16.7 Å². The summed E-state index contributed by atoms with van der Waals surface area (Å²) in [5, 5.41) is 14.6. The van der Waals surface area contributed by atoms with E-state index in [1.54, 1.807) is 29.9 Å². The largest absolute Gasteiger partial charge is 0.478 e. The van der Waals surface area contributed by atoms with E-state index in [2.05, 4.69) is 16.1 Å². The van der Waals surface area contributed by atoms with E-state index >= 15 is 0 Å². The second-order valence-corrected chi connectivity index (χ2v) is 6.79. The number of aromatic nitrogens is 3. The summed E-state index contributed by atoms with van der Waals surface area (Å²) in [6, 6.07) is 7.27. The van der Waals surface area contributed by atoms with Crippen molar-refractivity contribution < 1.29 is 14.6 Å². The van der Waals surface area contributed by atoms with Gasteiger partial charge in [0.2, 0.25) is 0 Å². The number of aryl methyl sites for hydroxylation is 1. The fraction of sp³-hybridized carbons (Fsp3) is 0.350. The number of aromatic carboxylic acids is 1. The highest BCUT2D eigenvalue weighted by Gasteiger charge is 2.17. The van der Waals surface area contributed by atoms with Crippen molar-refractivity contribution in [2.24, 2.45) is 0 Å². The summed E-state index contributed by atoms with van der Waals surface area (Å²) in [5.41, 5.74) is 3.69. The zero-order chi connectivity index (χ0) is 18.1. The number of ether oxygens (including phenoxy) is 1. The molecule has 134 valence electrons. The zero-order valence-corrected chi connectivity index (χ0v) is 14.7. The van der Waals surface area contributed by atoms with E-state index in [9.17, 15) is 4.79 Å². The molecule has 0 aliphatic heterocycles. The summed E-state index contributed by atoms with van der Waals surface area (Å²) in [5.74, 6) is -0.925. The predicted molar refractivity (Wildman–Crippen MR) is 97.9 cm³/mol. The molecule has 0 spiro atoms. The van der Waals surface area contributed by atoms with Gasteiger partial charge in [-0.05, 0) is 68.0 Å². The fourth-order valence-corrected chi connectivity index (χ4v) is 3.19. The van der Waals surface area contributed by atoms with Gasteiger partial charge in [0.1, 0.15) is 0 Å². The number of nitrogens with zero attached hydrogens (tertiary/aromatic N) is 3. The van der Waals surface area contributed by atoms with Gasteiger partial charge in [-0.25, -0.2) is 14.5 Å². The van der Waals surface area contributed by atoms with Crippen molar-refractivity contribution in [2.45, 2.75) is 38.7 Å². The van der Waals surface area contributed by atoms with Gasteiger partial charge in [0.05, 0.1) is 30.2 Å². The molecule has 1 aromatic carbocycles. The van der Waals surface area contributed by atoms with Gasteiger partial charge in [0.15, 0.2) is 5.65 Å². The molecule has 6 heteroatoms. The van der Waals surface area contributed by atoms with Crippen molar-refractivity contribution in [1.29, 1.82) is 0 Å². The lowest BCUT2D eigenvalue weighted by molar-refractivity contribution is 0.00412. The van der Waals surface area contributed by atoms with Gasteiger partial charge in [-0.1, -0.05) is 0 Å². The van der Waals surface area contributed by atoms with E-state index in [1.165, 1.54) is 19.3 Å². The monoisotopic (exact) mass is 351 g/mol. The average Bonchev–Trinajstić information content (AvgIpc) is 3.00. The predicted octanol–water partition coefficient (Wildman–Crippen LogP) is 3.54. The molecule has 6 nitrogen and oxygen atoms in total. The Morgan fingerprint density at radius 1 is 1.31 bits per heavy atom. The minimum absolute atomic E-state index is 0.298. The summed E-state index contributed by atoms with van der Waals surface area (Å²) in [6.07, 6.45) is 8.60. The normalized spacial score (nSPS) is 14.5. The van der Waals surface area contributed by atoms with Crippen LogP contribution in [-0.2, 0) is 11.2 Å². The first-order chi connectivity index (χ1) is 12.6. The molecule has 26 heavy (non-hydrogen) atoms. The summed E-state index contributed by atoms with van der Waals surface area (Å²) in [4.78, 5) is 15.7. The minimum Gasteiger partial charge on any atom is -0.478 e. The molecule has 0 unspecified atom stereocenters. The van der Waals surface area contributed by atoms with Gasteiger partial charge >= 0.3 is 5.97 Å². The highest BCUT2D eigenvalue weighted by molar-refractivity contribution is 5.89. The SMILES string of the molecule is Cc1cc(-n2ncc3cc(CCOC4CCC4)cnc32)ccc1C(=O)O. The van der Waals surface area contributed by atoms with Crippen molar-refractivity contribution >= 4 is 17.0 Å². The lowest BCUT2D eigenvalue weighted by atomic mass is 9.96. The second kappa shape index (κ2) is 6.88. The molecule has 0 saturated heterocycles. The maximum Gasteiger partial charge on any atom is 0.335 e. The van der Waals surface area contributed by atoms with E-state index in [1.807, 2.05) is 12.3 Å².